The molecule has 1 aromatic carbocycles. The molecule has 0 bridgehead atoms. The van der Waals surface area contributed by atoms with Gasteiger partial charge in [-0.1, -0.05) is 31.3 Å². The zero-order chi connectivity index (χ0) is 17.0. The third-order valence-electron chi connectivity index (χ3n) is 5.10. The van der Waals surface area contributed by atoms with Gasteiger partial charge in [0.25, 0.3) is 5.91 Å². The highest BCUT2D eigenvalue weighted by Gasteiger charge is 2.31. The van der Waals surface area contributed by atoms with Crippen molar-refractivity contribution in [2.24, 2.45) is 5.41 Å². The van der Waals surface area contributed by atoms with Crippen LogP contribution in [0.2, 0.25) is 0 Å². The number of benzene rings is 1. The lowest BCUT2D eigenvalue weighted by Gasteiger charge is -2.38. The fourth-order valence-electron chi connectivity index (χ4n) is 3.17. The second kappa shape index (κ2) is 7.21. The van der Waals surface area contributed by atoms with Crippen molar-refractivity contribution in [1.82, 2.24) is 5.32 Å². The largest absolute Gasteiger partial charge is 0.351 e. The SMILES string of the molecule is CC1(CNC(=O)c2ccc(C#CC3=CCCCC3F)cc2)CCC1. The lowest BCUT2D eigenvalue weighted by Crippen LogP contribution is -2.39. The molecule has 3 heteroatoms. The summed E-state index contributed by atoms with van der Waals surface area (Å²) in [5.74, 6) is 5.89. The van der Waals surface area contributed by atoms with Gasteiger partial charge in [0.15, 0.2) is 0 Å². The van der Waals surface area contributed by atoms with Gasteiger partial charge in [-0.15, -0.1) is 0 Å². The van der Waals surface area contributed by atoms with E-state index in [1.54, 1.807) is 12.1 Å². The Bertz CT molecular complexity index is 689. The number of nitrogens with one attached hydrogen (secondary N) is 1. The molecule has 3 rings (SSSR count). The molecule has 0 aromatic heterocycles. The molecule has 0 radical (unpaired) electrons. The van der Waals surface area contributed by atoms with Crippen LogP contribution in [0.3, 0.4) is 0 Å². The van der Waals surface area contributed by atoms with Gasteiger partial charge in [-0.25, -0.2) is 4.39 Å². The molecule has 126 valence electrons. The van der Waals surface area contributed by atoms with Crippen LogP contribution in [0.4, 0.5) is 4.39 Å². The number of allylic oxidation sites excluding steroid dienone is 2. The first-order valence-corrected chi connectivity index (χ1v) is 8.80. The van der Waals surface area contributed by atoms with E-state index in [-0.39, 0.29) is 11.3 Å². The van der Waals surface area contributed by atoms with Crippen LogP contribution < -0.4 is 5.32 Å². The number of alkyl halides is 1. The van der Waals surface area contributed by atoms with Gasteiger partial charge in [-0.3, -0.25) is 4.79 Å². The first-order chi connectivity index (χ1) is 11.6. The summed E-state index contributed by atoms with van der Waals surface area (Å²) in [5, 5.41) is 3.02. The second-order valence-electron chi connectivity index (χ2n) is 7.23. The molecule has 1 fully saturated rings. The monoisotopic (exact) mass is 325 g/mol. The summed E-state index contributed by atoms with van der Waals surface area (Å²) in [4.78, 5) is 12.2. The van der Waals surface area contributed by atoms with Crippen molar-refractivity contribution in [3.63, 3.8) is 0 Å². The van der Waals surface area contributed by atoms with Crippen LogP contribution in [0.5, 0.6) is 0 Å². The van der Waals surface area contributed by atoms with Crippen molar-refractivity contribution in [1.29, 1.82) is 0 Å². The van der Waals surface area contributed by atoms with Crippen molar-refractivity contribution in [2.45, 2.75) is 51.6 Å². The Morgan fingerprint density at radius 2 is 2.00 bits per heavy atom. The van der Waals surface area contributed by atoms with Gasteiger partial charge in [0, 0.05) is 23.2 Å². The van der Waals surface area contributed by atoms with Gasteiger partial charge in [0.1, 0.15) is 6.17 Å². The van der Waals surface area contributed by atoms with Crippen LogP contribution in [-0.2, 0) is 0 Å². The number of halogens is 1. The third-order valence-corrected chi connectivity index (χ3v) is 5.10. The molecule has 2 aliphatic rings. The normalized spacial score (nSPS) is 21.8. The minimum Gasteiger partial charge on any atom is -0.351 e. The number of rotatable bonds is 3. The van der Waals surface area contributed by atoms with Crippen molar-refractivity contribution < 1.29 is 9.18 Å². The molecule has 2 aliphatic carbocycles. The summed E-state index contributed by atoms with van der Waals surface area (Å²) in [6.07, 6.45) is 6.97. The Hall–Kier alpha value is -2.08. The van der Waals surface area contributed by atoms with E-state index < -0.39 is 6.17 Å². The minimum atomic E-state index is -0.927. The molecule has 1 saturated carbocycles. The van der Waals surface area contributed by atoms with E-state index >= 15 is 0 Å². The van der Waals surface area contributed by atoms with E-state index in [2.05, 4.69) is 24.1 Å². The van der Waals surface area contributed by atoms with Crippen molar-refractivity contribution in [3.05, 3.63) is 47.0 Å². The van der Waals surface area contributed by atoms with Crippen LogP contribution in [0.15, 0.2) is 35.9 Å². The molecule has 0 saturated heterocycles. The predicted octanol–water partition coefficient (Wildman–Crippen LogP) is 4.41. The van der Waals surface area contributed by atoms with Crippen LogP contribution in [0.25, 0.3) is 0 Å². The molecular formula is C21H24FNO. The average molecular weight is 325 g/mol. The highest BCUT2D eigenvalue weighted by molar-refractivity contribution is 5.94. The molecule has 1 N–H and O–H groups in total. The lowest BCUT2D eigenvalue weighted by atomic mass is 9.70. The number of carbonyl (C=O) groups excluding carboxylic acids is 1. The van der Waals surface area contributed by atoms with Gasteiger partial charge in [-0.05, 0) is 61.8 Å². The van der Waals surface area contributed by atoms with E-state index in [1.165, 1.54) is 19.3 Å². The molecule has 1 unspecified atom stereocenters. The standard InChI is InChI=1S/C21H24FNO/c1-21(13-4-14-21)15-23-20(24)18-11-8-16(9-12-18)7-10-17-5-2-3-6-19(17)22/h5,8-9,11-12,19H,2-4,6,13-15H2,1H3,(H,23,24). The second-order valence-corrected chi connectivity index (χ2v) is 7.23. The van der Waals surface area contributed by atoms with Gasteiger partial charge in [-0.2, -0.15) is 0 Å². The maximum absolute atomic E-state index is 13.7. The van der Waals surface area contributed by atoms with Gasteiger partial charge in [0.05, 0.1) is 0 Å². The Labute approximate surface area is 143 Å². The van der Waals surface area contributed by atoms with Crippen LogP contribution in [-0.4, -0.2) is 18.6 Å². The van der Waals surface area contributed by atoms with Crippen molar-refractivity contribution in [2.75, 3.05) is 6.54 Å². The molecule has 1 amide bonds. The summed E-state index contributed by atoms with van der Waals surface area (Å²) in [5.41, 5.74) is 2.31. The number of carbonyl (C=O) groups is 1. The first kappa shape index (κ1) is 16.8. The minimum absolute atomic E-state index is 0.0403. The van der Waals surface area contributed by atoms with E-state index in [1.807, 2.05) is 18.2 Å². The predicted molar refractivity (Wildman–Crippen MR) is 94.4 cm³/mol. The fourth-order valence-corrected chi connectivity index (χ4v) is 3.17. The highest BCUT2D eigenvalue weighted by atomic mass is 19.1. The van der Waals surface area contributed by atoms with E-state index in [0.29, 0.717) is 17.6 Å². The Kier molecular flexibility index (Phi) is 5.04. The number of hydrogen-bond acceptors (Lipinski definition) is 1. The molecule has 0 aliphatic heterocycles. The van der Waals surface area contributed by atoms with Crippen LogP contribution >= 0.6 is 0 Å². The molecule has 24 heavy (non-hydrogen) atoms. The molecule has 1 aromatic rings. The van der Waals surface area contributed by atoms with E-state index in [4.69, 9.17) is 0 Å². The van der Waals surface area contributed by atoms with Gasteiger partial charge in [0.2, 0.25) is 0 Å². The fraction of sp³-hybridized carbons (Fsp3) is 0.476. The number of amides is 1. The van der Waals surface area contributed by atoms with Crippen molar-refractivity contribution in [3.8, 4) is 11.8 Å². The van der Waals surface area contributed by atoms with Crippen LogP contribution in [0.1, 0.15) is 61.4 Å². The zero-order valence-electron chi connectivity index (χ0n) is 14.2. The van der Waals surface area contributed by atoms with E-state index in [0.717, 1.165) is 24.9 Å². The summed E-state index contributed by atoms with van der Waals surface area (Å²) in [6, 6.07) is 7.21. The summed E-state index contributed by atoms with van der Waals surface area (Å²) in [7, 11) is 0. The Morgan fingerprint density at radius 3 is 2.62 bits per heavy atom. The highest BCUT2D eigenvalue weighted by Crippen LogP contribution is 2.39. The van der Waals surface area contributed by atoms with Crippen molar-refractivity contribution >= 4 is 5.91 Å². The van der Waals surface area contributed by atoms with E-state index in [9.17, 15) is 9.18 Å². The average Bonchev–Trinajstić information content (AvgIpc) is 2.58. The topological polar surface area (TPSA) is 29.1 Å². The molecule has 1 atom stereocenters. The Morgan fingerprint density at radius 1 is 1.25 bits per heavy atom. The smallest absolute Gasteiger partial charge is 0.251 e. The zero-order valence-corrected chi connectivity index (χ0v) is 14.2. The molecule has 2 nitrogen and oxygen atoms in total. The maximum Gasteiger partial charge on any atom is 0.251 e. The van der Waals surface area contributed by atoms with Gasteiger partial charge < -0.3 is 5.32 Å². The quantitative estimate of drug-likeness (QED) is 0.820. The number of hydrogen-bond donors (Lipinski definition) is 1. The maximum atomic E-state index is 13.7. The summed E-state index contributed by atoms with van der Waals surface area (Å²) < 4.78 is 13.7. The Balaban J connectivity index is 1.59. The summed E-state index contributed by atoms with van der Waals surface area (Å²) >= 11 is 0. The first-order valence-electron chi connectivity index (χ1n) is 8.80. The molecule has 0 heterocycles. The molecule has 0 spiro atoms. The summed E-state index contributed by atoms with van der Waals surface area (Å²) in [6.45, 7) is 2.95. The van der Waals surface area contributed by atoms with Crippen LogP contribution in [0, 0.1) is 17.3 Å². The lowest BCUT2D eigenvalue weighted by molar-refractivity contribution is 0.0891. The van der Waals surface area contributed by atoms with Gasteiger partial charge >= 0.3 is 0 Å². The third kappa shape index (κ3) is 4.06. The molecular weight excluding hydrogens is 301 g/mol.